The topological polar surface area (TPSA) is 99.2 Å². The van der Waals surface area contributed by atoms with Gasteiger partial charge >= 0.3 is 5.97 Å². The standard InChI is InChI=1S/C40H43BrFN3O5/c1-27-9-11-29(12-10-27)21-23-44(33-18-19-33)39(49)40-22-3-6-32(43-40)26-45(36(46)7-2-8-37(47)48)38(40)30-15-13-28(14-16-30)5-4-24-50-35-25-31(42)17-20-34(35)41/h9-17,20,25,32-33,38,43H,2,4-5,7-8,18-19,21-24,26H2,1H3,(H,47,48)/t32-,38?,40+/m0/s1. The number of ether oxygens (including phenoxy) is 1. The summed E-state index contributed by atoms with van der Waals surface area (Å²) in [5.41, 5.74) is 3.10. The van der Waals surface area contributed by atoms with Crippen LogP contribution in [-0.4, -0.2) is 70.0 Å². The van der Waals surface area contributed by atoms with Crippen LogP contribution in [0.2, 0.25) is 0 Å². The Kier molecular flexibility index (Phi) is 11.2. The first kappa shape index (κ1) is 35.6. The van der Waals surface area contributed by atoms with Gasteiger partial charge in [-0.15, -0.1) is 0 Å². The Morgan fingerprint density at radius 1 is 1.02 bits per heavy atom. The number of piperazine rings is 1. The monoisotopic (exact) mass is 743 g/mol. The maximum absolute atomic E-state index is 15.0. The summed E-state index contributed by atoms with van der Waals surface area (Å²) in [6, 6.07) is 19.9. The number of aliphatic carboxylic acids is 1. The second kappa shape index (κ2) is 15.8. The molecular weight excluding hydrogens is 701 g/mol. The van der Waals surface area contributed by atoms with Crippen LogP contribution in [0, 0.1) is 24.6 Å². The van der Waals surface area contributed by atoms with Crippen LogP contribution in [-0.2, 0) is 27.2 Å². The Bertz CT molecular complexity index is 1770. The van der Waals surface area contributed by atoms with E-state index in [1.807, 2.05) is 29.2 Å². The Hall–Kier alpha value is -4.20. The van der Waals surface area contributed by atoms with E-state index in [2.05, 4.69) is 64.3 Å². The third-order valence-corrected chi connectivity index (χ3v) is 10.4. The maximum Gasteiger partial charge on any atom is 0.303 e. The number of amides is 2. The van der Waals surface area contributed by atoms with Crippen molar-refractivity contribution in [2.24, 2.45) is 0 Å². The lowest BCUT2D eigenvalue weighted by Gasteiger charge is -2.53. The second-order valence-electron chi connectivity index (χ2n) is 13.6. The average Bonchev–Trinajstić information content (AvgIpc) is 3.94. The largest absolute Gasteiger partial charge is 0.492 e. The van der Waals surface area contributed by atoms with Gasteiger partial charge in [0.25, 0.3) is 0 Å². The fourth-order valence-corrected chi connectivity index (χ4v) is 7.42. The van der Waals surface area contributed by atoms with Gasteiger partial charge in [0.15, 0.2) is 0 Å². The molecule has 1 saturated carbocycles. The number of nitrogens with zero attached hydrogens (tertiary/aromatic N) is 2. The maximum atomic E-state index is 15.0. The van der Waals surface area contributed by atoms with Crippen LogP contribution >= 0.6 is 15.9 Å². The van der Waals surface area contributed by atoms with Crippen LogP contribution in [0.3, 0.4) is 0 Å². The molecule has 0 aromatic heterocycles. The van der Waals surface area contributed by atoms with E-state index in [4.69, 9.17) is 4.74 Å². The fourth-order valence-electron chi connectivity index (χ4n) is 7.06. The lowest BCUT2D eigenvalue weighted by atomic mass is 9.75. The molecule has 2 bridgehead atoms. The fraction of sp³-hybridized carbons (Fsp3) is 0.425. The predicted molar refractivity (Wildman–Crippen MR) is 192 cm³/mol. The minimum absolute atomic E-state index is 0.0381. The van der Waals surface area contributed by atoms with Crippen molar-refractivity contribution in [2.75, 3.05) is 19.7 Å². The van der Waals surface area contributed by atoms with E-state index >= 15 is 0 Å². The molecule has 2 heterocycles. The molecule has 3 aromatic carbocycles. The van der Waals surface area contributed by atoms with Gasteiger partial charge in [0.05, 0.1) is 23.2 Å². The lowest BCUT2D eigenvalue weighted by molar-refractivity contribution is -0.151. The first-order valence-electron chi connectivity index (χ1n) is 17.4. The third-order valence-electron chi connectivity index (χ3n) is 9.78. The SMILES string of the molecule is Cc1ccc(CCN(C(=O)[C@@]23CC#C[C@@H](CN(C(=O)CCCC(=O)O)C2c2ccc(CCCOc4cc(F)ccc4Br)cc2)N3)C2CC2)cc1. The van der Waals surface area contributed by atoms with Gasteiger partial charge in [0.2, 0.25) is 11.8 Å². The molecule has 2 fully saturated rings. The molecule has 10 heteroatoms. The highest BCUT2D eigenvalue weighted by Crippen LogP contribution is 2.43. The van der Waals surface area contributed by atoms with Crippen molar-refractivity contribution < 1.29 is 28.6 Å². The molecule has 2 aliphatic heterocycles. The number of carbonyl (C=O) groups is 3. The first-order valence-corrected chi connectivity index (χ1v) is 18.2. The molecule has 262 valence electrons. The van der Waals surface area contributed by atoms with Crippen LogP contribution in [0.1, 0.15) is 73.2 Å². The summed E-state index contributed by atoms with van der Waals surface area (Å²) in [5, 5.41) is 12.9. The molecule has 0 radical (unpaired) electrons. The van der Waals surface area contributed by atoms with Gasteiger partial charge in [-0.1, -0.05) is 65.9 Å². The number of halogens is 2. The second-order valence-corrected chi connectivity index (χ2v) is 14.5. The molecule has 3 atom stereocenters. The number of carbonyl (C=O) groups excluding carboxylic acids is 2. The summed E-state index contributed by atoms with van der Waals surface area (Å²) < 4.78 is 20.2. The molecule has 6 rings (SSSR count). The third kappa shape index (κ3) is 8.39. The van der Waals surface area contributed by atoms with Crippen molar-refractivity contribution >= 4 is 33.7 Å². The van der Waals surface area contributed by atoms with E-state index in [1.165, 1.54) is 23.3 Å². The number of carboxylic acids is 1. The zero-order valence-electron chi connectivity index (χ0n) is 28.3. The van der Waals surface area contributed by atoms with E-state index in [0.717, 1.165) is 36.8 Å². The van der Waals surface area contributed by atoms with Gasteiger partial charge in [-0.2, -0.15) is 0 Å². The van der Waals surface area contributed by atoms with E-state index < -0.39 is 17.6 Å². The zero-order chi connectivity index (χ0) is 35.3. The molecule has 1 saturated heterocycles. The minimum atomic E-state index is -1.15. The smallest absolute Gasteiger partial charge is 0.303 e. The number of nitrogens with one attached hydrogen (secondary N) is 1. The average molecular weight is 745 g/mol. The molecular formula is C40H43BrFN3O5. The van der Waals surface area contributed by atoms with E-state index in [-0.39, 0.29) is 55.4 Å². The van der Waals surface area contributed by atoms with Crippen molar-refractivity contribution in [2.45, 2.75) is 88.4 Å². The lowest BCUT2D eigenvalue weighted by Crippen LogP contribution is -2.73. The number of hydrogen-bond donors (Lipinski definition) is 2. The van der Waals surface area contributed by atoms with Crippen molar-refractivity contribution in [3.8, 4) is 17.6 Å². The van der Waals surface area contributed by atoms with Crippen LogP contribution in [0.15, 0.2) is 71.2 Å². The highest BCUT2D eigenvalue weighted by Gasteiger charge is 2.57. The van der Waals surface area contributed by atoms with Crippen LogP contribution in [0.25, 0.3) is 0 Å². The van der Waals surface area contributed by atoms with E-state index in [0.29, 0.717) is 36.3 Å². The van der Waals surface area contributed by atoms with Crippen molar-refractivity contribution in [3.05, 3.63) is 99.3 Å². The van der Waals surface area contributed by atoms with E-state index in [9.17, 15) is 23.9 Å². The molecule has 0 spiro atoms. The summed E-state index contributed by atoms with van der Waals surface area (Å²) >= 11 is 3.40. The molecule has 8 nitrogen and oxygen atoms in total. The minimum Gasteiger partial charge on any atom is -0.492 e. The number of fused-ring (bicyclic) bond motifs is 2. The van der Waals surface area contributed by atoms with Crippen molar-refractivity contribution in [3.63, 3.8) is 0 Å². The molecule has 2 amide bonds. The van der Waals surface area contributed by atoms with Crippen LogP contribution in [0.4, 0.5) is 4.39 Å². The predicted octanol–water partition coefficient (Wildman–Crippen LogP) is 6.38. The Morgan fingerprint density at radius 2 is 1.74 bits per heavy atom. The first-order chi connectivity index (χ1) is 24.1. The van der Waals surface area contributed by atoms with Gasteiger partial charge in [0.1, 0.15) is 17.1 Å². The summed E-state index contributed by atoms with van der Waals surface area (Å²) in [6.07, 6.45) is 4.51. The Morgan fingerprint density at radius 3 is 2.46 bits per heavy atom. The number of benzene rings is 3. The Balaban J connectivity index is 1.24. The molecule has 3 aromatic rings. The van der Waals surface area contributed by atoms with Crippen LogP contribution < -0.4 is 10.1 Å². The summed E-state index contributed by atoms with van der Waals surface area (Å²) in [5.74, 6) is 5.43. The molecule has 1 aliphatic carbocycles. The van der Waals surface area contributed by atoms with Gasteiger partial charge in [-0.05, 0) is 90.2 Å². The number of carboxylic acid groups (broad SMARTS) is 1. The molecule has 2 N–H and O–H groups in total. The number of aryl methyl sites for hydroxylation is 2. The summed E-state index contributed by atoms with van der Waals surface area (Å²) in [7, 11) is 0. The van der Waals surface area contributed by atoms with Crippen LogP contribution in [0.5, 0.6) is 5.75 Å². The molecule has 1 unspecified atom stereocenters. The highest BCUT2D eigenvalue weighted by atomic mass is 79.9. The van der Waals surface area contributed by atoms with Gasteiger partial charge in [0, 0.05) is 44.5 Å². The van der Waals surface area contributed by atoms with Gasteiger partial charge in [-0.3, -0.25) is 19.7 Å². The molecule has 50 heavy (non-hydrogen) atoms. The quantitative estimate of drug-likeness (QED) is 0.139. The zero-order valence-corrected chi connectivity index (χ0v) is 29.9. The van der Waals surface area contributed by atoms with Crippen molar-refractivity contribution in [1.82, 2.24) is 15.1 Å². The Labute approximate surface area is 301 Å². The summed E-state index contributed by atoms with van der Waals surface area (Å²) in [6.45, 7) is 3.34. The van der Waals surface area contributed by atoms with Crippen molar-refractivity contribution in [1.29, 1.82) is 0 Å². The summed E-state index contributed by atoms with van der Waals surface area (Å²) in [4.78, 5) is 43.9. The van der Waals surface area contributed by atoms with E-state index in [1.54, 1.807) is 11.0 Å². The normalized spacial score (nSPS) is 20.8. The number of hydrogen-bond acceptors (Lipinski definition) is 5. The van der Waals surface area contributed by atoms with Gasteiger partial charge in [-0.25, -0.2) is 4.39 Å². The molecule has 3 aliphatic rings. The van der Waals surface area contributed by atoms with Gasteiger partial charge < -0.3 is 19.6 Å². The highest BCUT2D eigenvalue weighted by molar-refractivity contribution is 9.10. The number of rotatable bonds is 15.